The molecule has 3 heterocycles. The van der Waals surface area contributed by atoms with Gasteiger partial charge in [0.25, 0.3) is 0 Å². The van der Waals surface area contributed by atoms with Crippen molar-refractivity contribution in [1.29, 1.82) is 0 Å². The summed E-state index contributed by atoms with van der Waals surface area (Å²) in [5, 5.41) is 10.5. The van der Waals surface area contributed by atoms with Gasteiger partial charge in [0.15, 0.2) is 11.7 Å². The first-order valence-electron chi connectivity index (χ1n) is 9.36. The van der Waals surface area contributed by atoms with Crippen LogP contribution in [0.15, 0.2) is 27.8 Å². The molecule has 0 unspecified atom stereocenters. The van der Waals surface area contributed by atoms with Crippen molar-refractivity contribution in [3.63, 3.8) is 0 Å². The fourth-order valence-electron chi connectivity index (χ4n) is 3.12. The number of halogens is 1. The van der Waals surface area contributed by atoms with Gasteiger partial charge in [0.05, 0.1) is 6.26 Å². The molecule has 2 N–H and O–H groups in total. The standard InChI is InChI=1S/C18H29N7O.HI/c1-4-19-18(25-9-7-24(8-10-25)13-14(2)3)20-12-16-21-17(23-22-16)15-6-5-11-26-15;/h5-6,11,14H,4,7-10,12-13H2,1-3H3,(H,19,20)(H,21,22,23);1H. The van der Waals surface area contributed by atoms with E-state index in [4.69, 9.17) is 9.41 Å². The molecule has 2 aromatic rings. The summed E-state index contributed by atoms with van der Waals surface area (Å²) in [6.07, 6.45) is 1.62. The number of H-pyrrole nitrogens is 1. The van der Waals surface area contributed by atoms with E-state index in [0.29, 0.717) is 24.0 Å². The first-order valence-corrected chi connectivity index (χ1v) is 9.36. The van der Waals surface area contributed by atoms with E-state index in [9.17, 15) is 0 Å². The Morgan fingerprint density at radius 3 is 2.74 bits per heavy atom. The van der Waals surface area contributed by atoms with Crippen LogP contribution < -0.4 is 5.32 Å². The van der Waals surface area contributed by atoms with Crippen molar-refractivity contribution in [2.24, 2.45) is 10.9 Å². The van der Waals surface area contributed by atoms with Gasteiger partial charge in [-0.2, -0.15) is 0 Å². The van der Waals surface area contributed by atoms with Crippen LogP contribution in [0.2, 0.25) is 0 Å². The molecule has 150 valence electrons. The normalized spacial score (nSPS) is 15.9. The van der Waals surface area contributed by atoms with E-state index in [1.54, 1.807) is 6.26 Å². The second kappa shape index (κ2) is 10.6. The van der Waals surface area contributed by atoms with Crippen LogP contribution in [0.4, 0.5) is 0 Å². The summed E-state index contributed by atoms with van der Waals surface area (Å²) in [6.45, 7) is 13.2. The highest BCUT2D eigenvalue weighted by atomic mass is 127. The van der Waals surface area contributed by atoms with Crippen LogP contribution in [-0.2, 0) is 6.54 Å². The van der Waals surface area contributed by atoms with Gasteiger partial charge in [0, 0.05) is 39.3 Å². The van der Waals surface area contributed by atoms with Gasteiger partial charge < -0.3 is 14.6 Å². The zero-order valence-corrected chi connectivity index (χ0v) is 18.6. The third-order valence-electron chi connectivity index (χ3n) is 4.28. The zero-order chi connectivity index (χ0) is 18.4. The van der Waals surface area contributed by atoms with Crippen LogP contribution in [0, 0.1) is 5.92 Å². The van der Waals surface area contributed by atoms with Crippen molar-refractivity contribution in [3.05, 3.63) is 24.2 Å². The molecule has 3 rings (SSSR count). The second-order valence-electron chi connectivity index (χ2n) is 6.93. The van der Waals surface area contributed by atoms with Crippen LogP contribution in [0.1, 0.15) is 26.6 Å². The molecule has 0 saturated carbocycles. The second-order valence-corrected chi connectivity index (χ2v) is 6.93. The number of furan rings is 1. The summed E-state index contributed by atoms with van der Waals surface area (Å²) in [7, 11) is 0. The Hall–Kier alpha value is -1.62. The molecule has 1 aliphatic heterocycles. The number of aliphatic imine (C=N–C) groups is 1. The number of hydrogen-bond acceptors (Lipinski definition) is 5. The van der Waals surface area contributed by atoms with Crippen molar-refractivity contribution in [2.75, 3.05) is 39.3 Å². The van der Waals surface area contributed by atoms with Crippen LogP contribution in [0.25, 0.3) is 11.6 Å². The van der Waals surface area contributed by atoms with Crippen LogP contribution in [0.5, 0.6) is 0 Å². The lowest BCUT2D eigenvalue weighted by molar-refractivity contribution is 0.164. The van der Waals surface area contributed by atoms with Gasteiger partial charge in [0.2, 0.25) is 5.82 Å². The minimum atomic E-state index is 0. The van der Waals surface area contributed by atoms with Crippen molar-refractivity contribution in [3.8, 4) is 11.6 Å². The van der Waals surface area contributed by atoms with Gasteiger partial charge in [-0.1, -0.05) is 13.8 Å². The number of aromatic amines is 1. The number of guanidine groups is 1. The SMILES string of the molecule is CCNC(=NCc1nc(-c2ccco2)n[nH]1)N1CCN(CC(C)C)CC1.I. The van der Waals surface area contributed by atoms with Gasteiger partial charge in [-0.3, -0.25) is 10.00 Å². The van der Waals surface area contributed by atoms with Gasteiger partial charge in [0.1, 0.15) is 12.4 Å². The highest BCUT2D eigenvalue weighted by Crippen LogP contribution is 2.14. The summed E-state index contributed by atoms with van der Waals surface area (Å²) in [5.74, 6) is 3.59. The number of aromatic nitrogens is 3. The van der Waals surface area contributed by atoms with E-state index in [0.717, 1.165) is 51.1 Å². The third kappa shape index (κ3) is 6.20. The molecule has 0 radical (unpaired) electrons. The highest BCUT2D eigenvalue weighted by molar-refractivity contribution is 14.0. The van der Waals surface area contributed by atoms with Gasteiger partial charge in [-0.25, -0.2) is 9.98 Å². The first kappa shape index (κ1) is 21.7. The molecular weight excluding hydrogens is 457 g/mol. The Bertz CT molecular complexity index is 690. The predicted molar refractivity (Wildman–Crippen MR) is 117 cm³/mol. The lowest BCUT2D eigenvalue weighted by Crippen LogP contribution is -2.53. The summed E-state index contributed by atoms with van der Waals surface area (Å²) in [4.78, 5) is 14.0. The number of nitrogens with zero attached hydrogens (tertiary/aromatic N) is 5. The molecule has 0 amide bonds. The van der Waals surface area contributed by atoms with Crippen molar-refractivity contribution in [2.45, 2.75) is 27.3 Å². The molecule has 0 atom stereocenters. The largest absolute Gasteiger partial charge is 0.461 e. The average Bonchev–Trinajstić information content (AvgIpc) is 3.30. The lowest BCUT2D eigenvalue weighted by atomic mass is 10.2. The minimum Gasteiger partial charge on any atom is -0.461 e. The van der Waals surface area contributed by atoms with Gasteiger partial charge in [-0.05, 0) is 25.0 Å². The fraction of sp³-hybridized carbons (Fsp3) is 0.611. The molecule has 1 saturated heterocycles. The Morgan fingerprint density at radius 1 is 1.33 bits per heavy atom. The Morgan fingerprint density at radius 2 is 2.11 bits per heavy atom. The summed E-state index contributed by atoms with van der Waals surface area (Å²) in [5.41, 5.74) is 0. The maximum atomic E-state index is 5.32. The number of rotatable bonds is 6. The molecular formula is C18H30IN7O. The van der Waals surface area contributed by atoms with E-state index in [-0.39, 0.29) is 24.0 Å². The molecule has 0 aromatic carbocycles. The van der Waals surface area contributed by atoms with Crippen molar-refractivity contribution < 1.29 is 4.42 Å². The number of nitrogens with one attached hydrogen (secondary N) is 2. The van der Waals surface area contributed by atoms with E-state index < -0.39 is 0 Å². The number of hydrogen-bond donors (Lipinski definition) is 2. The van der Waals surface area contributed by atoms with Crippen LogP contribution in [0.3, 0.4) is 0 Å². The minimum absolute atomic E-state index is 0. The fourth-order valence-corrected chi connectivity index (χ4v) is 3.12. The molecule has 0 bridgehead atoms. The maximum Gasteiger partial charge on any atom is 0.216 e. The zero-order valence-electron chi connectivity index (χ0n) is 16.3. The summed E-state index contributed by atoms with van der Waals surface area (Å²) < 4.78 is 5.32. The number of piperazine rings is 1. The van der Waals surface area contributed by atoms with Gasteiger partial charge >= 0.3 is 0 Å². The van der Waals surface area contributed by atoms with E-state index in [1.165, 1.54) is 0 Å². The predicted octanol–water partition coefficient (Wildman–Crippen LogP) is 2.42. The van der Waals surface area contributed by atoms with E-state index in [1.807, 2.05) is 12.1 Å². The monoisotopic (exact) mass is 487 g/mol. The van der Waals surface area contributed by atoms with E-state index >= 15 is 0 Å². The Kier molecular flexibility index (Phi) is 8.55. The molecule has 0 spiro atoms. The Balaban J connectivity index is 0.00000261. The third-order valence-corrected chi connectivity index (χ3v) is 4.28. The molecule has 1 fully saturated rings. The highest BCUT2D eigenvalue weighted by Gasteiger charge is 2.20. The molecule has 8 nitrogen and oxygen atoms in total. The summed E-state index contributed by atoms with van der Waals surface area (Å²) in [6, 6.07) is 3.67. The Labute approximate surface area is 177 Å². The molecule has 27 heavy (non-hydrogen) atoms. The molecule has 1 aliphatic rings. The van der Waals surface area contributed by atoms with Crippen molar-refractivity contribution >= 4 is 29.9 Å². The quantitative estimate of drug-likeness (QED) is 0.370. The maximum absolute atomic E-state index is 5.32. The van der Waals surface area contributed by atoms with E-state index in [2.05, 4.69) is 51.1 Å². The van der Waals surface area contributed by atoms with Crippen molar-refractivity contribution in [1.82, 2.24) is 30.3 Å². The average molecular weight is 487 g/mol. The molecule has 9 heteroatoms. The lowest BCUT2D eigenvalue weighted by Gasteiger charge is -2.37. The van der Waals surface area contributed by atoms with Crippen LogP contribution >= 0.6 is 24.0 Å². The topological polar surface area (TPSA) is 85.6 Å². The first-order chi connectivity index (χ1) is 12.7. The smallest absolute Gasteiger partial charge is 0.216 e. The molecule has 2 aromatic heterocycles. The van der Waals surface area contributed by atoms with Gasteiger partial charge in [-0.15, -0.1) is 29.1 Å². The van der Waals surface area contributed by atoms with Crippen LogP contribution in [-0.4, -0.2) is 70.2 Å². The summed E-state index contributed by atoms with van der Waals surface area (Å²) >= 11 is 0. The molecule has 0 aliphatic carbocycles.